The van der Waals surface area contributed by atoms with Gasteiger partial charge in [-0.15, -0.1) is 0 Å². The molecule has 0 spiro atoms. The molecule has 0 aromatic heterocycles. The van der Waals surface area contributed by atoms with Crippen molar-refractivity contribution in [1.82, 2.24) is 0 Å². The highest BCUT2D eigenvalue weighted by molar-refractivity contribution is 6.05. The highest BCUT2D eigenvalue weighted by atomic mass is 15.1. The Kier molecular flexibility index (Phi) is 9.64. The van der Waals surface area contributed by atoms with Crippen LogP contribution in [0.2, 0.25) is 0 Å². The number of rotatable bonds is 9. The lowest BCUT2D eigenvalue weighted by atomic mass is 9.80. The smallest absolute Gasteiger partial charge is 0.0462 e. The molecule has 8 aromatic carbocycles. The van der Waals surface area contributed by atoms with Crippen molar-refractivity contribution in [2.24, 2.45) is 0 Å². The second kappa shape index (κ2) is 15.3. The van der Waals surface area contributed by atoms with Crippen LogP contribution in [0.3, 0.4) is 0 Å². The molecule has 0 N–H and O–H groups in total. The largest absolute Gasteiger partial charge is 0.311 e. The van der Waals surface area contributed by atoms with Gasteiger partial charge < -0.3 is 4.90 Å². The van der Waals surface area contributed by atoms with Crippen LogP contribution in [0, 0.1) is 13.8 Å². The van der Waals surface area contributed by atoms with Crippen LogP contribution in [0.25, 0.3) is 56.7 Å². The zero-order valence-corrected chi connectivity index (χ0v) is 30.2. The summed E-state index contributed by atoms with van der Waals surface area (Å²) in [5.41, 5.74) is 17.8. The zero-order valence-electron chi connectivity index (χ0n) is 30.2. The number of nitrogens with zero attached hydrogens (tertiary/aromatic N) is 1. The predicted molar refractivity (Wildman–Crippen MR) is 228 cm³/mol. The number of benzene rings is 8. The fraction of sp³-hybridized carbons (Fsp3) is 0.0385. The van der Waals surface area contributed by atoms with Gasteiger partial charge in [0.15, 0.2) is 0 Å². The maximum Gasteiger partial charge on any atom is 0.0462 e. The van der Waals surface area contributed by atoms with E-state index in [9.17, 15) is 0 Å². The van der Waals surface area contributed by atoms with Gasteiger partial charge >= 0.3 is 0 Å². The molecule has 8 rings (SSSR count). The van der Waals surface area contributed by atoms with E-state index in [1.165, 1.54) is 61.2 Å². The van der Waals surface area contributed by atoms with Gasteiger partial charge in [-0.25, -0.2) is 0 Å². The maximum absolute atomic E-state index is 2.38. The van der Waals surface area contributed by atoms with E-state index in [-0.39, 0.29) is 0 Å². The van der Waals surface area contributed by atoms with Gasteiger partial charge in [0, 0.05) is 17.1 Å². The van der Waals surface area contributed by atoms with Crippen LogP contribution < -0.4 is 4.90 Å². The molecule has 1 nitrogen and oxygen atoms in total. The molecule has 0 heterocycles. The lowest BCUT2D eigenvalue weighted by molar-refractivity contribution is 1.27. The molecule has 0 saturated carbocycles. The summed E-state index contributed by atoms with van der Waals surface area (Å²) in [7, 11) is 0. The molecule has 0 radical (unpaired) electrons. The van der Waals surface area contributed by atoms with E-state index in [4.69, 9.17) is 0 Å². The molecular formula is C52H41N. The van der Waals surface area contributed by atoms with Gasteiger partial charge in [-0.05, 0) is 112 Å². The van der Waals surface area contributed by atoms with Gasteiger partial charge in [0.25, 0.3) is 0 Å². The zero-order chi connectivity index (χ0) is 36.0. The first-order valence-corrected chi connectivity index (χ1v) is 18.3. The Morgan fingerprint density at radius 2 is 0.717 bits per heavy atom. The number of hydrogen-bond donors (Lipinski definition) is 0. The summed E-state index contributed by atoms with van der Waals surface area (Å²) in [5, 5.41) is 0. The molecule has 0 amide bonds. The van der Waals surface area contributed by atoms with E-state index >= 15 is 0 Å². The van der Waals surface area contributed by atoms with Crippen molar-refractivity contribution >= 4 is 29.2 Å². The van der Waals surface area contributed by atoms with Gasteiger partial charge in [0.05, 0.1) is 0 Å². The summed E-state index contributed by atoms with van der Waals surface area (Å²) in [4.78, 5) is 2.32. The van der Waals surface area contributed by atoms with Crippen molar-refractivity contribution in [3.8, 4) is 44.5 Å². The lowest BCUT2D eigenvalue weighted by Gasteiger charge is -2.26. The van der Waals surface area contributed by atoms with Crippen molar-refractivity contribution in [2.75, 3.05) is 4.90 Å². The molecule has 0 atom stereocenters. The van der Waals surface area contributed by atoms with Gasteiger partial charge in [0.1, 0.15) is 0 Å². The quantitative estimate of drug-likeness (QED) is 0.137. The summed E-state index contributed by atoms with van der Waals surface area (Å²) in [5.74, 6) is 0. The number of hydrogen-bond acceptors (Lipinski definition) is 1. The SMILES string of the molecule is Cc1ccc(N(c2ccc(C)cc2)c2ccc(/C=C/c3cc(-c4ccccc4)c(-c4ccccc4)c(-c4ccccc4)c3-c3ccccc3)cc2)cc1. The first-order chi connectivity index (χ1) is 26.1. The average Bonchev–Trinajstić information content (AvgIpc) is 3.22. The van der Waals surface area contributed by atoms with E-state index in [0.717, 1.165) is 22.6 Å². The van der Waals surface area contributed by atoms with E-state index in [1.54, 1.807) is 0 Å². The van der Waals surface area contributed by atoms with E-state index in [1.807, 2.05) is 0 Å². The highest BCUT2D eigenvalue weighted by Crippen LogP contribution is 2.48. The van der Waals surface area contributed by atoms with Crippen LogP contribution in [0.15, 0.2) is 200 Å². The van der Waals surface area contributed by atoms with Gasteiger partial charge in [-0.3, -0.25) is 0 Å². The van der Waals surface area contributed by atoms with Crippen LogP contribution in [-0.2, 0) is 0 Å². The minimum Gasteiger partial charge on any atom is -0.311 e. The van der Waals surface area contributed by atoms with Crippen molar-refractivity contribution in [1.29, 1.82) is 0 Å². The van der Waals surface area contributed by atoms with Gasteiger partial charge in [-0.1, -0.05) is 181 Å². The van der Waals surface area contributed by atoms with Crippen LogP contribution in [-0.4, -0.2) is 0 Å². The van der Waals surface area contributed by atoms with E-state index in [2.05, 4.69) is 231 Å². The Hall–Kier alpha value is -6.70. The first-order valence-electron chi connectivity index (χ1n) is 18.3. The standard InChI is InChI=1S/C52H41N/c1-38-23-31-46(32-24-38)53(47-33-25-39(2)26-34-47)48-35-28-40(29-36-48)27-30-45-37-49(41-15-7-3-8-16-41)51(43-19-11-5-12-20-43)52(44-21-13-6-14-22-44)50(45)42-17-9-4-10-18-42/h3-37H,1-2H3/b30-27+. The molecule has 53 heavy (non-hydrogen) atoms. The minimum atomic E-state index is 1.12. The molecule has 254 valence electrons. The van der Waals surface area contributed by atoms with Crippen molar-refractivity contribution < 1.29 is 0 Å². The Morgan fingerprint density at radius 3 is 1.17 bits per heavy atom. The lowest BCUT2D eigenvalue weighted by Crippen LogP contribution is -2.09. The third-order valence-corrected chi connectivity index (χ3v) is 9.82. The topological polar surface area (TPSA) is 3.24 Å². The predicted octanol–water partition coefficient (Wildman–Crippen LogP) is 14.6. The molecule has 0 bridgehead atoms. The monoisotopic (exact) mass is 679 g/mol. The molecule has 0 aliphatic carbocycles. The van der Waals surface area contributed by atoms with Crippen LogP contribution in [0.1, 0.15) is 22.3 Å². The van der Waals surface area contributed by atoms with Crippen molar-refractivity contribution in [3.63, 3.8) is 0 Å². The number of aryl methyl sites for hydroxylation is 2. The van der Waals surface area contributed by atoms with Crippen LogP contribution in [0.4, 0.5) is 17.1 Å². The molecule has 8 aromatic rings. The normalized spacial score (nSPS) is 11.1. The first kappa shape index (κ1) is 33.4. The van der Waals surface area contributed by atoms with Crippen molar-refractivity contribution in [2.45, 2.75) is 13.8 Å². The average molecular weight is 680 g/mol. The Labute approximate surface area is 313 Å². The second-order valence-electron chi connectivity index (χ2n) is 13.5. The van der Waals surface area contributed by atoms with Gasteiger partial charge in [-0.2, -0.15) is 0 Å². The highest BCUT2D eigenvalue weighted by Gasteiger charge is 2.22. The van der Waals surface area contributed by atoms with Crippen molar-refractivity contribution in [3.05, 3.63) is 222 Å². The van der Waals surface area contributed by atoms with E-state index < -0.39 is 0 Å². The number of anilines is 3. The van der Waals surface area contributed by atoms with Crippen LogP contribution >= 0.6 is 0 Å². The third kappa shape index (κ3) is 7.24. The summed E-state index contributed by atoms with van der Waals surface area (Å²) in [6.45, 7) is 4.26. The molecule has 0 fully saturated rings. The summed E-state index contributed by atoms with van der Waals surface area (Å²) < 4.78 is 0. The summed E-state index contributed by atoms with van der Waals surface area (Å²) in [6, 6.07) is 72.1. The Morgan fingerprint density at radius 1 is 0.340 bits per heavy atom. The fourth-order valence-corrected chi connectivity index (χ4v) is 7.15. The fourth-order valence-electron chi connectivity index (χ4n) is 7.15. The summed E-state index contributed by atoms with van der Waals surface area (Å²) in [6.07, 6.45) is 4.54. The van der Waals surface area contributed by atoms with Crippen LogP contribution in [0.5, 0.6) is 0 Å². The Balaban J connectivity index is 1.30. The molecular weight excluding hydrogens is 639 g/mol. The molecule has 0 aliphatic heterocycles. The second-order valence-corrected chi connectivity index (χ2v) is 13.5. The van der Waals surface area contributed by atoms with Gasteiger partial charge in [0.2, 0.25) is 0 Å². The minimum absolute atomic E-state index is 1.12. The molecule has 0 saturated heterocycles. The Bertz CT molecular complexity index is 2400. The molecule has 0 aliphatic rings. The summed E-state index contributed by atoms with van der Waals surface area (Å²) >= 11 is 0. The molecule has 1 heteroatoms. The maximum atomic E-state index is 2.38. The third-order valence-electron chi connectivity index (χ3n) is 9.82. The van der Waals surface area contributed by atoms with E-state index in [0.29, 0.717) is 0 Å². The molecule has 0 unspecified atom stereocenters.